The molecule has 0 amide bonds. The van der Waals surface area contributed by atoms with Gasteiger partial charge in [-0.25, -0.2) is 4.98 Å². The second-order valence-electron chi connectivity index (χ2n) is 8.42. The zero-order valence-electron chi connectivity index (χ0n) is 18.6. The lowest BCUT2D eigenvalue weighted by molar-refractivity contribution is 0.415. The number of hydrogen-bond acceptors (Lipinski definition) is 6. The molecule has 168 valence electrons. The third-order valence-corrected chi connectivity index (χ3v) is 7.44. The van der Waals surface area contributed by atoms with Crippen LogP contribution in [-0.4, -0.2) is 30.4 Å². The summed E-state index contributed by atoms with van der Waals surface area (Å²) in [6.07, 6.45) is 7.57. The van der Waals surface area contributed by atoms with E-state index >= 15 is 0 Å². The van der Waals surface area contributed by atoms with Gasteiger partial charge in [-0.15, -0.1) is 0 Å². The first kappa shape index (κ1) is 22.6. The third kappa shape index (κ3) is 5.25. The predicted molar refractivity (Wildman–Crippen MR) is 133 cm³/mol. The van der Waals surface area contributed by atoms with Crippen molar-refractivity contribution in [1.82, 2.24) is 9.97 Å². The van der Waals surface area contributed by atoms with Crippen LogP contribution >= 0.6 is 18.7 Å². The van der Waals surface area contributed by atoms with E-state index in [1.165, 1.54) is 30.4 Å². The van der Waals surface area contributed by atoms with E-state index in [-0.39, 0.29) is 0 Å². The minimum atomic E-state index is -2.57. The molecule has 4 rings (SSSR count). The molecule has 1 aromatic heterocycles. The molecule has 0 fully saturated rings. The SMILES string of the molecule is COc1ccc(Nc2nc(Nc3ccc4c(c3)CCCCC4)ncc2Cl)c(P(C)(C)=O)c1. The number of nitrogens with one attached hydrogen (secondary N) is 2. The van der Waals surface area contributed by atoms with E-state index in [1.807, 2.05) is 12.1 Å². The van der Waals surface area contributed by atoms with Crippen LogP contribution in [0.3, 0.4) is 0 Å². The third-order valence-electron chi connectivity index (χ3n) is 5.64. The Morgan fingerprint density at radius 2 is 1.78 bits per heavy atom. The molecule has 8 heteroatoms. The fourth-order valence-corrected chi connectivity index (χ4v) is 5.24. The molecule has 0 atom stereocenters. The van der Waals surface area contributed by atoms with Crippen molar-refractivity contribution >= 4 is 47.2 Å². The fraction of sp³-hybridized carbons (Fsp3) is 0.333. The number of methoxy groups -OCH3 is 1. The largest absolute Gasteiger partial charge is 0.497 e. The number of ether oxygens (including phenoxy) is 1. The van der Waals surface area contributed by atoms with Crippen molar-refractivity contribution in [3.8, 4) is 5.75 Å². The maximum Gasteiger partial charge on any atom is 0.229 e. The van der Waals surface area contributed by atoms with Gasteiger partial charge in [0.25, 0.3) is 0 Å². The molecular formula is C24H28ClN4O2P. The second kappa shape index (κ2) is 9.51. The maximum atomic E-state index is 12.9. The number of halogens is 1. The minimum Gasteiger partial charge on any atom is -0.497 e. The van der Waals surface area contributed by atoms with Crippen LogP contribution in [0, 0.1) is 0 Å². The second-order valence-corrected chi connectivity index (χ2v) is 12.0. The highest BCUT2D eigenvalue weighted by molar-refractivity contribution is 7.70. The summed E-state index contributed by atoms with van der Waals surface area (Å²) in [6.45, 7) is 3.44. The Morgan fingerprint density at radius 1 is 1.00 bits per heavy atom. The van der Waals surface area contributed by atoms with E-state index in [4.69, 9.17) is 16.3 Å². The summed E-state index contributed by atoms with van der Waals surface area (Å²) in [4.78, 5) is 8.91. The molecule has 2 N–H and O–H groups in total. The first-order chi connectivity index (χ1) is 15.3. The standard InChI is InChI=1S/C24H28ClN4O2P/c1-31-19-11-12-21(22(14-19)32(2,3)30)28-23-20(25)15-26-24(29-23)27-18-10-9-16-7-5-4-6-8-17(16)13-18/h9-15H,4-8H2,1-3H3,(H2,26,27,28,29). The van der Waals surface area contributed by atoms with E-state index in [2.05, 4.69) is 38.8 Å². The van der Waals surface area contributed by atoms with Gasteiger partial charge in [0.1, 0.15) is 17.9 Å². The molecule has 6 nitrogen and oxygen atoms in total. The van der Waals surface area contributed by atoms with Crippen molar-refractivity contribution in [2.45, 2.75) is 32.1 Å². The average molecular weight is 471 g/mol. The van der Waals surface area contributed by atoms with Gasteiger partial charge in [-0.05, 0) is 80.5 Å². The maximum absolute atomic E-state index is 12.9. The van der Waals surface area contributed by atoms with Crippen molar-refractivity contribution in [3.63, 3.8) is 0 Å². The number of fused-ring (bicyclic) bond motifs is 1. The van der Waals surface area contributed by atoms with Gasteiger partial charge in [0.2, 0.25) is 5.95 Å². The molecule has 0 bridgehead atoms. The number of nitrogens with zero attached hydrogens (tertiary/aromatic N) is 2. The summed E-state index contributed by atoms with van der Waals surface area (Å²) >= 11 is 6.38. The summed E-state index contributed by atoms with van der Waals surface area (Å²) in [6, 6.07) is 11.9. The van der Waals surface area contributed by atoms with Gasteiger partial charge < -0.3 is 19.9 Å². The van der Waals surface area contributed by atoms with Gasteiger partial charge in [-0.1, -0.05) is 24.1 Å². The summed E-state index contributed by atoms with van der Waals surface area (Å²) in [7, 11) is -0.987. The number of rotatable bonds is 6. The number of hydrogen-bond donors (Lipinski definition) is 2. The highest BCUT2D eigenvalue weighted by Gasteiger charge is 2.19. The molecule has 3 aromatic rings. The van der Waals surface area contributed by atoms with Crippen LogP contribution in [0.2, 0.25) is 5.02 Å². The molecule has 1 heterocycles. The Hall–Kier alpha value is -2.56. The van der Waals surface area contributed by atoms with Crippen LogP contribution in [0.1, 0.15) is 30.4 Å². The van der Waals surface area contributed by atoms with E-state index in [0.717, 1.165) is 18.5 Å². The van der Waals surface area contributed by atoms with E-state index in [1.54, 1.807) is 32.7 Å². The van der Waals surface area contributed by atoms with Gasteiger partial charge in [-0.3, -0.25) is 0 Å². The lowest BCUT2D eigenvalue weighted by Gasteiger charge is -2.17. The van der Waals surface area contributed by atoms with Gasteiger partial charge >= 0.3 is 0 Å². The van der Waals surface area contributed by atoms with Crippen molar-refractivity contribution in [1.29, 1.82) is 0 Å². The lowest BCUT2D eigenvalue weighted by atomic mass is 10.0. The van der Waals surface area contributed by atoms with Gasteiger partial charge in [0, 0.05) is 11.0 Å². The van der Waals surface area contributed by atoms with Gasteiger partial charge in [0.05, 0.1) is 19.0 Å². The zero-order chi connectivity index (χ0) is 22.7. The van der Waals surface area contributed by atoms with Gasteiger partial charge in [0.15, 0.2) is 5.82 Å². The Bertz CT molecular complexity index is 1180. The summed E-state index contributed by atoms with van der Waals surface area (Å²) < 4.78 is 18.2. The molecule has 0 saturated heterocycles. The van der Waals surface area contributed by atoms with Crippen LogP contribution in [0.25, 0.3) is 0 Å². The monoisotopic (exact) mass is 470 g/mol. The highest BCUT2D eigenvalue weighted by Crippen LogP contribution is 2.40. The van der Waals surface area contributed by atoms with E-state index in [0.29, 0.717) is 33.5 Å². The minimum absolute atomic E-state index is 0.376. The van der Waals surface area contributed by atoms with Crippen LogP contribution < -0.4 is 20.7 Å². The Kier molecular flexibility index (Phi) is 6.73. The number of aromatic nitrogens is 2. The number of anilines is 4. The van der Waals surface area contributed by atoms with Crippen molar-refractivity contribution < 1.29 is 9.30 Å². The van der Waals surface area contributed by atoms with Crippen LogP contribution in [0.5, 0.6) is 5.75 Å². The summed E-state index contributed by atoms with van der Waals surface area (Å²) in [5.74, 6) is 1.53. The molecule has 1 aliphatic carbocycles. The summed E-state index contributed by atoms with van der Waals surface area (Å²) in [5, 5.41) is 7.58. The molecule has 0 radical (unpaired) electrons. The molecule has 1 aliphatic rings. The average Bonchev–Trinajstić information content (AvgIpc) is 3.00. The molecular weight excluding hydrogens is 443 g/mol. The van der Waals surface area contributed by atoms with Crippen molar-refractivity contribution in [2.24, 2.45) is 0 Å². The molecule has 0 saturated carbocycles. The van der Waals surface area contributed by atoms with Crippen LogP contribution in [-0.2, 0) is 17.4 Å². The predicted octanol–water partition coefficient (Wildman–Crippen LogP) is 6.14. The van der Waals surface area contributed by atoms with Crippen molar-refractivity contribution in [2.75, 3.05) is 31.1 Å². The first-order valence-electron chi connectivity index (χ1n) is 10.8. The topological polar surface area (TPSA) is 76.1 Å². The van der Waals surface area contributed by atoms with Gasteiger partial charge in [-0.2, -0.15) is 4.98 Å². The molecule has 2 aromatic carbocycles. The van der Waals surface area contributed by atoms with Crippen LogP contribution in [0.15, 0.2) is 42.6 Å². The lowest BCUT2D eigenvalue weighted by Crippen LogP contribution is -2.11. The quantitative estimate of drug-likeness (QED) is 0.333. The Balaban J connectivity index is 1.60. The molecule has 0 unspecified atom stereocenters. The van der Waals surface area contributed by atoms with E-state index < -0.39 is 7.14 Å². The molecule has 0 aliphatic heterocycles. The summed E-state index contributed by atoms with van der Waals surface area (Å²) in [5.41, 5.74) is 4.46. The van der Waals surface area contributed by atoms with E-state index in [9.17, 15) is 4.57 Å². The molecule has 0 spiro atoms. The number of aryl methyl sites for hydroxylation is 2. The Morgan fingerprint density at radius 3 is 2.53 bits per heavy atom. The first-order valence-corrected chi connectivity index (χ1v) is 13.7. The number of benzene rings is 2. The van der Waals surface area contributed by atoms with Crippen molar-refractivity contribution in [3.05, 3.63) is 58.7 Å². The Labute approximate surface area is 194 Å². The fourth-order valence-electron chi connectivity index (χ4n) is 3.95. The zero-order valence-corrected chi connectivity index (χ0v) is 20.3. The normalized spacial score (nSPS) is 13.8. The smallest absolute Gasteiger partial charge is 0.229 e. The van der Waals surface area contributed by atoms with Crippen LogP contribution in [0.4, 0.5) is 23.1 Å². The highest BCUT2D eigenvalue weighted by atomic mass is 35.5. The molecule has 32 heavy (non-hydrogen) atoms.